The van der Waals surface area contributed by atoms with Gasteiger partial charge in [-0.1, -0.05) is 84.5 Å². The molecule has 0 unspecified atom stereocenters. The summed E-state index contributed by atoms with van der Waals surface area (Å²) < 4.78 is 0. The molecule has 0 aromatic carbocycles. The van der Waals surface area contributed by atoms with Crippen LogP contribution in [-0.2, 0) is 4.79 Å². The van der Waals surface area contributed by atoms with E-state index in [1.54, 1.807) is 0 Å². The van der Waals surface area contributed by atoms with Gasteiger partial charge in [-0.3, -0.25) is 4.79 Å². The molecule has 0 aliphatic rings. The Kier molecular flexibility index (Phi) is 16.1. The zero-order valence-corrected chi connectivity index (χ0v) is 14.0. The molecule has 0 aliphatic carbocycles. The first kappa shape index (κ1) is 19.5. The van der Waals surface area contributed by atoms with Gasteiger partial charge in [-0.05, 0) is 12.8 Å². The molecule has 1 amide bonds. The molecule has 0 saturated heterocycles. The predicted octanol–water partition coefficient (Wildman–Crippen LogP) is 5.60. The molecule has 0 saturated carbocycles. The van der Waals surface area contributed by atoms with E-state index >= 15 is 0 Å². The molecular formula is C18H37NO. The first-order chi connectivity index (χ1) is 9.81. The summed E-state index contributed by atoms with van der Waals surface area (Å²) in [6.07, 6.45) is 17.7. The third kappa shape index (κ3) is 15.5. The van der Waals surface area contributed by atoms with Gasteiger partial charge in [0.2, 0.25) is 5.91 Å². The summed E-state index contributed by atoms with van der Waals surface area (Å²) in [6, 6.07) is 0. The van der Waals surface area contributed by atoms with Crippen LogP contribution < -0.4 is 5.32 Å². The molecule has 20 heavy (non-hydrogen) atoms. The first-order valence-corrected chi connectivity index (χ1v) is 9.08. The highest BCUT2D eigenvalue weighted by molar-refractivity contribution is 5.75. The number of hydrogen-bond donors (Lipinski definition) is 1. The van der Waals surface area contributed by atoms with Crippen molar-refractivity contribution in [3.63, 3.8) is 0 Å². The van der Waals surface area contributed by atoms with Gasteiger partial charge >= 0.3 is 0 Å². The largest absolute Gasteiger partial charge is 0.356 e. The zero-order chi connectivity index (χ0) is 14.9. The van der Waals surface area contributed by atoms with Gasteiger partial charge < -0.3 is 5.32 Å². The van der Waals surface area contributed by atoms with Gasteiger partial charge in [0.05, 0.1) is 0 Å². The number of rotatable bonds is 15. The van der Waals surface area contributed by atoms with Crippen molar-refractivity contribution in [3.05, 3.63) is 0 Å². The summed E-state index contributed by atoms with van der Waals surface area (Å²) >= 11 is 0. The van der Waals surface area contributed by atoms with Crippen molar-refractivity contribution in [3.8, 4) is 0 Å². The van der Waals surface area contributed by atoms with Gasteiger partial charge in [0, 0.05) is 13.0 Å². The Bertz CT molecular complexity index is 204. The van der Waals surface area contributed by atoms with Gasteiger partial charge in [0.15, 0.2) is 0 Å². The molecule has 1 N–H and O–H groups in total. The molecule has 0 bridgehead atoms. The molecule has 0 rings (SSSR count). The van der Waals surface area contributed by atoms with E-state index in [0.29, 0.717) is 0 Å². The van der Waals surface area contributed by atoms with Crippen molar-refractivity contribution in [2.24, 2.45) is 0 Å². The molecule has 0 aromatic heterocycles. The summed E-state index contributed by atoms with van der Waals surface area (Å²) in [6.45, 7) is 5.27. The van der Waals surface area contributed by atoms with E-state index in [-0.39, 0.29) is 5.91 Å². The van der Waals surface area contributed by atoms with Gasteiger partial charge in [-0.2, -0.15) is 0 Å². The van der Waals surface area contributed by atoms with E-state index in [9.17, 15) is 4.79 Å². The summed E-state index contributed by atoms with van der Waals surface area (Å²) in [7, 11) is 0. The van der Waals surface area contributed by atoms with Crippen LogP contribution in [0.1, 0.15) is 104 Å². The maximum atomic E-state index is 11.5. The van der Waals surface area contributed by atoms with Gasteiger partial charge in [0.25, 0.3) is 0 Å². The van der Waals surface area contributed by atoms with Crippen LogP contribution in [0.25, 0.3) is 0 Å². The fourth-order valence-corrected chi connectivity index (χ4v) is 2.44. The third-order valence-corrected chi connectivity index (χ3v) is 3.86. The van der Waals surface area contributed by atoms with Gasteiger partial charge in [-0.15, -0.1) is 0 Å². The van der Waals surface area contributed by atoms with E-state index in [2.05, 4.69) is 19.2 Å². The monoisotopic (exact) mass is 283 g/mol. The highest BCUT2D eigenvalue weighted by Gasteiger charge is 1.99. The molecule has 0 aliphatic heterocycles. The Morgan fingerprint density at radius 3 is 1.60 bits per heavy atom. The van der Waals surface area contributed by atoms with Crippen LogP contribution in [-0.4, -0.2) is 12.5 Å². The molecule has 0 heterocycles. The zero-order valence-electron chi connectivity index (χ0n) is 14.0. The fourth-order valence-electron chi connectivity index (χ4n) is 2.44. The summed E-state index contributed by atoms with van der Waals surface area (Å²) in [5.74, 6) is 0.245. The lowest BCUT2D eigenvalue weighted by atomic mass is 10.1. The predicted molar refractivity (Wildman–Crippen MR) is 89.0 cm³/mol. The second-order valence-corrected chi connectivity index (χ2v) is 5.99. The Morgan fingerprint density at radius 2 is 1.10 bits per heavy atom. The number of hydrogen-bond acceptors (Lipinski definition) is 1. The molecule has 120 valence electrons. The summed E-state index contributed by atoms with van der Waals surface area (Å²) in [4.78, 5) is 11.5. The second kappa shape index (κ2) is 16.5. The lowest BCUT2D eigenvalue weighted by molar-refractivity contribution is -0.121. The van der Waals surface area contributed by atoms with E-state index in [1.165, 1.54) is 64.2 Å². The Morgan fingerprint density at radius 1 is 0.650 bits per heavy atom. The Hall–Kier alpha value is -0.530. The SMILES string of the molecule is CCCCCCCCCCCCCC(=O)NCCCC. The van der Waals surface area contributed by atoms with E-state index in [1.807, 2.05) is 0 Å². The van der Waals surface area contributed by atoms with Crippen molar-refractivity contribution in [1.29, 1.82) is 0 Å². The van der Waals surface area contributed by atoms with Gasteiger partial charge in [-0.25, -0.2) is 0 Å². The fraction of sp³-hybridized carbons (Fsp3) is 0.944. The molecule has 0 spiro atoms. The van der Waals surface area contributed by atoms with Crippen molar-refractivity contribution >= 4 is 5.91 Å². The van der Waals surface area contributed by atoms with Crippen molar-refractivity contribution in [2.75, 3.05) is 6.54 Å². The minimum atomic E-state index is 0.245. The van der Waals surface area contributed by atoms with Crippen molar-refractivity contribution in [2.45, 2.75) is 104 Å². The molecule has 0 radical (unpaired) electrons. The molecule has 0 fully saturated rings. The maximum Gasteiger partial charge on any atom is 0.219 e. The summed E-state index contributed by atoms with van der Waals surface area (Å²) in [5, 5.41) is 2.98. The van der Waals surface area contributed by atoms with Crippen LogP contribution in [0, 0.1) is 0 Å². The molecule has 0 atom stereocenters. The number of nitrogens with one attached hydrogen (secondary N) is 1. The standard InChI is InChI=1S/C18H37NO/c1-3-5-7-8-9-10-11-12-13-14-15-16-18(20)19-17-6-4-2/h3-17H2,1-2H3,(H,19,20). The van der Waals surface area contributed by atoms with Crippen molar-refractivity contribution in [1.82, 2.24) is 5.32 Å². The molecule has 0 aromatic rings. The smallest absolute Gasteiger partial charge is 0.219 e. The highest BCUT2D eigenvalue weighted by Crippen LogP contribution is 2.11. The number of carbonyl (C=O) groups excluding carboxylic acids is 1. The minimum Gasteiger partial charge on any atom is -0.356 e. The van der Waals surface area contributed by atoms with E-state index in [0.717, 1.165) is 32.2 Å². The topological polar surface area (TPSA) is 29.1 Å². The minimum absolute atomic E-state index is 0.245. The Labute approximate surface area is 127 Å². The normalized spacial score (nSPS) is 10.7. The van der Waals surface area contributed by atoms with E-state index < -0.39 is 0 Å². The van der Waals surface area contributed by atoms with Crippen LogP contribution in [0.3, 0.4) is 0 Å². The lowest BCUT2D eigenvalue weighted by Gasteiger charge is -2.04. The molecule has 2 heteroatoms. The molecular weight excluding hydrogens is 246 g/mol. The van der Waals surface area contributed by atoms with E-state index in [4.69, 9.17) is 0 Å². The van der Waals surface area contributed by atoms with Crippen molar-refractivity contribution < 1.29 is 4.79 Å². The quantitative estimate of drug-likeness (QED) is 0.389. The van der Waals surface area contributed by atoms with Crippen LogP contribution >= 0.6 is 0 Å². The van der Waals surface area contributed by atoms with Crippen LogP contribution in [0.5, 0.6) is 0 Å². The number of unbranched alkanes of at least 4 members (excludes halogenated alkanes) is 11. The number of amides is 1. The second-order valence-electron chi connectivity index (χ2n) is 5.99. The lowest BCUT2D eigenvalue weighted by Crippen LogP contribution is -2.23. The average Bonchev–Trinajstić information content (AvgIpc) is 2.45. The summed E-state index contributed by atoms with van der Waals surface area (Å²) in [5.41, 5.74) is 0. The Balaban J connectivity index is 3.07. The van der Waals surface area contributed by atoms with Gasteiger partial charge in [0.1, 0.15) is 0 Å². The highest BCUT2D eigenvalue weighted by atomic mass is 16.1. The third-order valence-electron chi connectivity index (χ3n) is 3.86. The first-order valence-electron chi connectivity index (χ1n) is 9.08. The number of carbonyl (C=O) groups is 1. The maximum absolute atomic E-state index is 11.5. The van der Waals surface area contributed by atoms with Crippen LogP contribution in [0.2, 0.25) is 0 Å². The van der Waals surface area contributed by atoms with Crippen LogP contribution in [0.15, 0.2) is 0 Å². The molecule has 2 nitrogen and oxygen atoms in total. The van der Waals surface area contributed by atoms with Crippen LogP contribution in [0.4, 0.5) is 0 Å². The average molecular weight is 284 g/mol.